The van der Waals surface area contributed by atoms with Gasteiger partial charge in [0.15, 0.2) is 0 Å². The minimum Gasteiger partial charge on any atom is -0.349 e. The van der Waals surface area contributed by atoms with E-state index >= 15 is 0 Å². The van der Waals surface area contributed by atoms with Gasteiger partial charge in [0.25, 0.3) is 11.8 Å². The number of pyridine rings is 1. The molecule has 0 bridgehead atoms. The van der Waals surface area contributed by atoms with Crippen molar-refractivity contribution in [1.29, 1.82) is 0 Å². The molecule has 2 heterocycles. The minimum absolute atomic E-state index is 0.0603. The average Bonchev–Trinajstić information content (AvgIpc) is 3.52. The number of aromatic nitrogens is 1. The van der Waals surface area contributed by atoms with Gasteiger partial charge in [-0.25, -0.2) is 4.39 Å². The van der Waals surface area contributed by atoms with E-state index in [-0.39, 0.29) is 23.3 Å². The Morgan fingerprint density at radius 1 is 1.04 bits per heavy atom. The normalized spacial score (nSPS) is 17.4. The van der Waals surface area contributed by atoms with Gasteiger partial charge in [0, 0.05) is 30.7 Å². The smallest absolute Gasteiger partial charge is 0.256 e. The molecule has 0 atom stereocenters. The molecule has 28 heavy (non-hydrogen) atoms. The van der Waals surface area contributed by atoms with Crippen LogP contribution in [0.25, 0.3) is 0 Å². The standard InChI is InChI=1S/C22H24FN3O2/c1-14-6-9-18(21(27)25-16-7-8-16)20(24-14)15-10-12-26(13-11-15)22(28)17-4-2-3-5-19(17)23/h2-6,9,15-16H,7-8,10-13H2,1H3,(H,25,27). The van der Waals surface area contributed by atoms with Crippen molar-refractivity contribution in [3.8, 4) is 0 Å². The highest BCUT2D eigenvalue weighted by molar-refractivity contribution is 5.96. The fourth-order valence-electron chi connectivity index (χ4n) is 3.73. The zero-order valence-corrected chi connectivity index (χ0v) is 16.0. The van der Waals surface area contributed by atoms with Crippen LogP contribution in [0.2, 0.25) is 0 Å². The number of rotatable bonds is 4. The van der Waals surface area contributed by atoms with E-state index in [1.54, 1.807) is 17.0 Å². The Kier molecular flexibility index (Phi) is 5.11. The van der Waals surface area contributed by atoms with E-state index in [0.717, 1.165) is 24.2 Å². The van der Waals surface area contributed by atoms with Crippen LogP contribution in [0.5, 0.6) is 0 Å². The molecule has 5 nitrogen and oxygen atoms in total. The summed E-state index contributed by atoms with van der Waals surface area (Å²) in [6, 6.07) is 10.1. The van der Waals surface area contributed by atoms with E-state index in [1.807, 2.05) is 19.1 Å². The maximum Gasteiger partial charge on any atom is 0.256 e. The van der Waals surface area contributed by atoms with Crippen molar-refractivity contribution >= 4 is 11.8 Å². The molecular weight excluding hydrogens is 357 g/mol. The van der Waals surface area contributed by atoms with Gasteiger partial charge in [-0.05, 0) is 56.9 Å². The molecule has 1 aliphatic carbocycles. The molecular formula is C22H24FN3O2. The van der Waals surface area contributed by atoms with Crippen LogP contribution in [0.4, 0.5) is 4.39 Å². The number of nitrogens with one attached hydrogen (secondary N) is 1. The summed E-state index contributed by atoms with van der Waals surface area (Å²) < 4.78 is 13.9. The number of benzene rings is 1. The highest BCUT2D eigenvalue weighted by Gasteiger charge is 2.30. The number of hydrogen-bond acceptors (Lipinski definition) is 3. The number of carbonyl (C=O) groups excluding carboxylic acids is 2. The number of halogens is 1. The second-order valence-corrected chi connectivity index (χ2v) is 7.68. The third kappa shape index (κ3) is 3.91. The first-order valence-electron chi connectivity index (χ1n) is 9.85. The zero-order valence-electron chi connectivity index (χ0n) is 16.0. The molecule has 4 rings (SSSR count). The molecule has 1 aromatic heterocycles. The van der Waals surface area contributed by atoms with Gasteiger partial charge in [-0.2, -0.15) is 0 Å². The lowest BCUT2D eigenvalue weighted by atomic mass is 9.89. The van der Waals surface area contributed by atoms with Crippen LogP contribution >= 0.6 is 0 Å². The Bertz CT molecular complexity index is 902. The first-order valence-corrected chi connectivity index (χ1v) is 9.85. The summed E-state index contributed by atoms with van der Waals surface area (Å²) in [6.45, 7) is 2.97. The quantitative estimate of drug-likeness (QED) is 0.882. The number of carbonyl (C=O) groups is 2. The van der Waals surface area contributed by atoms with Gasteiger partial charge >= 0.3 is 0 Å². The van der Waals surface area contributed by atoms with Gasteiger partial charge < -0.3 is 10.2 Å². The zero-order chi connectivity index (χ0) is 19.7. The van der Waals surface area contributed by atoms with Gasteiger partial charge in [0.1, 0.15) is 5.82 Å². The maximum absolute atomic E-state index is 13.9. The molecule has 1 saturated heterocycles. The highest BCUT2D eigenvalue weighted by atomic mass is 19.1. The molecule has 0 radical (unpaired) electrons. The fraction of sp³-hybridized carbons (Fsp3) is 0.409. The van der Waals surface area contributed by atoms with E-state index in [2.05, 4.69) is 10.3 Å². The van der Waals surface area contributed by atoms with Gasteiger partial charge in [0.05, 0.1) is 16.8 Å². The van der Waals surface area contributed by atoms with Crippen LogP contribution in [0.3, 0.4) is 0 Å². The Morgan fingerprint density at radius 3 is 2.43 bits per heavy atom. The number of aryl methyl sites for hydroxylation is 1. The Labute approximate surface area is 164 Å². The largest absolute Gasteiger partial charge is 0.349 e. The van der Waals surface area contributed by atoms with Crippen molar-refractivity contribution in [2.45, 2.75) is 44.6 Å². The van der Waals surface area contributed by atoms with Gasteiger partial charge in [-0.15, -0.1) is 0 Å². The molecule has 1 aromatic carbocycles. The van der Waals surface area contributed by atoms with Crippen LogP contribution in [-0.4, -0.2) is 40.8 Å². The number of nitrogens with zero attached hydrogens (tertiary/aromatic N) is 2. The molecule has 1 saturated carbocycles. The summed E-state index contributed by atoms with van der Waals surface area (Å²) in [5.41, 5.74) is 2.44. The highest BCUT2D eigenvalue weighted by Crippen LogP contribution is 2.31. The SMILES string of the molecule is Cc1ccc(C(=O)NC2CC2)c(C2CCN(C(=O)c3ccccc3F)CC2)n1. The lowest BCUT2D eigenvalue weighted by Crippen LogP contribution is -2.39. The van der Waals surface area contributed by atoms with E-state index < -0.39 is 5.82 Å². The second-order valence-electron chi connectivity index (χ2n) is 7.68. The van der Waals surface area contributed by atoms with E-state index in [9.17, 15) is 14.0 Å². The van der Waals surface area contributed by atoms with Crippen molar-refractivity contribution in [1.82, 2.24) is 15.2 Å². The topological polar surface area (TPSA) is 62.3 Å². The Morgan fingerprint density at radius 2 is 1.75 bits per heavy atom. The molecule has 1 aliphatic heterocycles. The van der Waals surface area contributed by atoms with E-state index in [4.69, 9.17) is 0 Å². The van der Waals surface area contributed by atoms with Crippen LogP contribution in [-0.2, 0) is 0 Å². The molecule has 2 fully saturated rings. The first kappa shape index (κ1) is 18.6. The van der Waals surface area contributed by atoms with Gasteiger partial charge in [0.2, 0.25) is 0 Å². The molecule has 1 N–H and O–H groups in total. The number of amides is 2. The van der Waals surface area contributed by atoms with Crippen molar-refractivity contribution in [2.75, 3.05) is 13.1 Å². The predicted octanol–water partition coefficient (Wildman–Crippen LogP) is 3.44. The van der Waals surface area contributed by atoms with Gasteiger partial charge in [-0.3, -0.25) is 14.6 Å². The maximum atomic E-state index is 13.9. The number of hydrogen-bond donors (Lipinski definition) is 1. The van der Waals surface area contributed by atoms with Gasteiger partial charge in [-0.1, -0.05) is 12.1 Å². The summed E-state index contributed by atoms with van der Waals surface area (Å²) in [5.74, 6) is -0.714. The van der Waals surface area contributed by atoms with E-state index in [1.165, 1.54) is 12.1 Å². The lowest BCUT2D eigenvalue weighted by Gasteiger charge is -2.32. The van der Waals surface area contributed by atoms with Crippen LogP contribution in [0, 0.1) is 12.7 Å². The summed E-state index contributed by atoms with van der Waals surface area (Å²) in [4.78, 5) is 31.6. The summed E-state index contributed by atoms with van der Waals surface area (Å²) in [7, 11) is 0. The molecule has 0 unspecified atom stereocenters. The molecule has 2 amide bonds. The summed E-state index contributed by atoms with van der Waals surface area (Å²) in [5, 5.41) is 3.04. The summed E-state index contributed by atoms with van der Waals surface area (Å²) >= 11 is 0. The molecule has 6 heteroatoms. The first-order chi connectivity index (χ1) is 13.5. The van der Waals surface area contributed by atoms with Crippen molar-refractivity contribution in [3.63, 3.8) is 0 Å². The Hall–Kier alpha value is -2.76. The number of likely N-dealkylation sites (tertiary alicyclic amines) is 1. The third-order valence-corrected chi connectivity index (χ3v) is 5.49. The fourth-order valence-corrected chi connectivity index (χ4v) is 3.73. The number of piperidine rings is 1. The summed E-state index contributed by atoms with van der Waals surface area (Å²) in [6.07, 6.45) is 3.49. The van der Waals surface area contributed by atoms with Crippen LogP contribution in [0.1, 0.15) is 63.7 Å². The third-order valence-electron chi connectivity index (χ3n) is 5.49. The second kappa shape index (κ2) is 7.70. The van der Waals surface area contributed by atoms with Crippen LogP contribution < -0.4 is 5.32 Å². The minimum atomic E-state index is -0.492. The Balaban J connectivity index is 1.48. The van der Waals surface area contributed by atoms with Crippen molar-refractivity contribution in [3.05, 3.63) is 64.7 Å². The lowest BCUT2D eigenvalue weighted by molar-refractivity contribution is 0.0705. The molecule has 146 valence electrons. The van der Waals surface area contributed by atoms with Crippen molar-refractivity contribution in [2.24, 2.45) is 0 Å². The molecule has 2 aromatic rings. The van der Waals surface area contributed by atoms with E-state index in [0.29, 0.717) is 37.5 Å². The molecule has 2 aliphatic rings. The molecule has 0 spiro atoms. The average molecular weight is 381 g/mol. The van der Waals surface area contributed by atoms with Crippen molar-refractivity contribution < 1.29 is 14.0 Å². The van der Waals surface area contributed by atoms with Crippen LogP contribution in [0.15, 0.2) is 36.4 Å². The predicted molar refractivity (Wildman–Crippen MR) is 104 cm³/mol. The monoisotopic (exact) mass is 381 g/mol.